The molecule has 0 bridgehead atoms. The zero-order chi connectivity index (χ0) is 12.2. The first-order valence-electron chi connectivity index (χ1n) is 5.59. The van der Waals surface area contributed by atoms with Crippen LogP contribution in [0.2, 0.25) is 0 Å². The summed E-state index contributed by atoms with van der Waals surface area (Å²) in [5.41, 5.74) is 0. The summed E-state index contributed by atoms with van der Waals surface area (Å²) in [6, 6.07) is 0. The third kappa shape index (κ3) is 16.2. The number of carbonyl (C=O) groups is 3. The topological polar surface area (TPSA) is 83.5 Å². The van der Waals surface area contributed by atoms with Crippen molar-refractivity contribution in [1.82, 2.24) is 5.32 Å². The van der Waals surface area contributed by atoms with Crippen molar-refractivity contribution in [2.24, 2.45) is 0 Å². The number of unbranched alkanes of at least 4 members (excludes halogenated alkanes) is 5. The molecule has 0 aliphatic rings. The Balaban J connectivity index is 0. The molecule has 0 aromatic rings. The van der Waals surface area contributed by atoms with E-state index >= 15 is 0 Å². The van der Waals surface area contributed by atoms with Crippen LogP contribution in [0, 0.1) is 0 Å². The number of nitrogens with one attached hydrogen (secondary N) is 1. The summed E-state index contributed by atoms with van der Waals surface area (Å²) in [5, 5.41) is 10.6. The van der Waals surface area contributed by atoms with Crippen molar-refractivity contribution in [2.75, 3.05) is 6.54 Å². The SMILES string of the molecule is O=CCCCCCCCC(=O)NCC(=O)O.[KH]. The summed E-state index contributed by atoms with van der Waals surface area (Å²) in [6.45, 7) is -0.307. The first kappa shape index (κ1) is 19.6. The molecule has 0 radical (unpaired) electrons. The van der Waals surface area contributed by atoms with Crippen molar-refractivity contribution in [3.8, 4) is 0 Å². The number of carboxylic acid groups (broad SMARTS) is 1. The van der Waals surface area contributed by atoms with Crippen LogP contribution in [0.25, 0.3) is 0 Å². The number of hydrogen-bond acceptors (Lipinski definition) is 3. The Kier molecular flexibility index (Phi) is 16.5. The van der Waals surface area contributed by atoms with Gasteiger partial charge in [-0.15, -0.1) is 0 Å². The first-order chi connectivity index (χ1) is 7.66. The molecule has 1 amide bonds. The van der Waals surface area contributed by atoms with E-state index in [0.29, 0.717) is 12.8 Å². The molecule has 2 N–H and O–H groups in total. The summed E-state index contributed by atoms with van der Waals surface area (Å²) in [5.74, 6) is -1.24. The zero-order valence-electron chi connectivity index (χ0n) is 9.41. The molecule has 0 saturated carbocycles. The van der Waals surface area contributed by atoms with E-state index in [1.54, 1.807) is 0 Å². The van der Waals surface area contributed by atoms with Crippen LogP contribution in [0.4, 0.5) is 0 Å². The van der Waals surface area contributed by atoms with Gasteiger partial charge in [0, 0.05) is 12.8 Å². The maximum atomic E-state index is 11.1. The molecule has 5 nitrogen and oxygen atoms in total. The predicted octanol–water partition coefficient (Wildman–Crippen LogP) is 0.468. The maximum absolute atomic E-state index is 11.1. The van der Waals surface area contributed by atoms with Gasteiger partial charge in [-0.25, -0.2) is 0 Å². The molecule has 0 unspecified atom stereocenters. The quantitative estimate of drug-likeness (QED) is 0.343. The van der Waals surface area contributed by atoms with Gasteiger partial charge in [-0.2, -0.15) is 0 Å². The molecule has 17 heavy (non-hydrogen) atoms. The number of aldehydes is 1. The summed E-state index contributed by atoms with van der Waals surface area (Å²) in [4.78, 5) is 31.2. The molecule has 0 rings (SSSR count). The summed E-state index contributed by atoms with van der Waals surface area (Å²) in [6.07, 6.45) is 6.55. The Morgan fingerprint density at radius 3 is 2.24 bits per heavy atom. The summed E-state index contributed by atoms with van der Waals surface area (Å²) < 4.78 is 0. The van der Waals surface area contributed by atoms with E-state index in [-0.39, 0.29) is 63.8 Å². The third-order valence-electron chi connectivity index (χ3n) is 2.16. The van der Waals surface area contributed by atoms with Crippen LogP contribution in [0.3, 0.4) is 0 Å². The Morgan fingerprint density at radius 1 is 1.06 bits per heavy atom. The molecule has 0 aromatic carbocycles. The molecule has 94 valence electrons. The van der Waals surface area contributed by atoms with Gasteiger partial charge in [0.25, 0.3) is 0 Å². The molecule has 0 spiro atoms. The summed E-state index contributed by atoms with van der Waals surface area (Å²) >= 11 is 0. The Morgan fingerprint density at radius 2 is 1.65 bits per heavy atom. The van der Waals surface area contributed by atoms with E-state index in [2.05, 4.69) is 5.32 Å². The van der Waals surface area contributed by atoms with Crippen LogP contribution in [-0.4, -0.2) is 81.2 Å². The van der Waals surface area contributed by atoms with E-state index in [0.717, 1.165) is 38.4 Å². The van der Waals surface area contributed by atoms with Gasteiger partial charge in [0.1, 0.15) is 12.8 Å². The fourth-order valence-corrected chi connectivity index (χ4v) is 1.31. The normalized spacial score (nSPS) is 9.18. The van der Waals surface area contributed by atoms with Crippen LogP contribution in [0.5, 0.6) is 0 Å². The van der Waals surface area contributed by atoms with Gasteiger partial charge in [0.15, 0.2) is 0 Å². The van der Waals surface area contributed by atoms with E-state index in [1.807, 2.05) is 0 Å². The fraction of sp³-hybridized carbons (Fsp3) is 0.727. The van der Waals surface area contributed by atoms with E-state index < -0.39 is 5.97 Å². The predicted molar refractivity (Wildman–Crippen MR) is 66.2 cm³/mol. The van der Waals surface area contributed by atoms with Crippen molar-refractivity contribution < 1.29 is 19.5 Å². The Bertz CT molecular complexity index is 234. The Labute approximate surface area is 144 Å². The molecule has 0 aliphatic heterocycles. The van der Waals surface area contributed by atoms with Crippen molar-refractivity contribution in [2.45, 2.75) is 44.9 Å². The van der Waals surface area contributed by atoms with E-state index in [4.69, 9.17) is 5.11 Å². The number of carbonyl (C=O) groups excluding carboxylic acids is 2. The third-order valence-corrected chi connectivity index (χ3v) is 2.16. The monoisotopic (exact) mass is 269 g/mol. The van der Waals surface area contributed by atoms with Crippen molar-refractivity contribution in [1.29, 1.82) is 0 Å². The van der Waals surface area contributed by atoms with Crippen molar-refractivity contribution >= 4 is 69.5 Å². The molecule has 0 aliphatic carbocycles. The number of carboxylic acids is 1. The molecular weight excluding hydrogens is 249 g/mol. The minimum atomic E-state index is -1.03. The van der Waals surface area contributed by atoms with Crippen LogP contribution in [0.1, 0.15) is 44.9 Å². The van der Waals surface area contributed by atoms with Gasteiger partial charge in [0.2, 0.25) is 5.91 Å². The van der Waals surface area contributed by atoms with Crippen molar-refractivity contribution in [3.05, 3.63) is 0 Å². The van der Waals surface area contributed by atoms with Gasteiger partial charge in [-0.3, -0.25) is 9.59 Å². The van der Waals surface area contributed by atoms with Crippen molar-refractivity contribution in [3.63, 3.8) is 0 Å². The van der Waals surface area contributed by atoms with Gasteiger partial charge in [-0.05, 0) is 12.8 Å². The zero-order valence-corrected chi connectivity index (χ0v) is 9.41. The molecule has 0 heterocycles. The standard InChI is InChI=1S/C11H19NO4.K.H/c13-8-6-4-2-1-3-5-7-10(14)12-9-11(15)16;;/h8H,1-7,9H2,(H,12,14)(H,15,16);;. The average Bonchev–Trinajstić information content (AvgIpc) is 2.25. The van der Waals surface area contributed by atoms with Gasteiger partial charge >= 0.3 is 57.4 Å². The minimum absolute atomic E-state index is 0. The molecule has 0 atom stereocenters. The number of aliphatic carboxylic acids is 1. The van der Waals surface area contributed by atoms with Gasteiger partial charge in [0.05, 0.1) is 0 Å². The molecular formula is C11H20KNO4. The van der Waals surface area contributed by atoms with E-state index in [9.17, 15) is 14.4 Å². The van der Waals surface area contributed by atoms with Gasteiger partial charge in [-0.1, -0.05) is 19.3 Å². The van der Waals surface area contributed by atoms with Crippen LogP contribution in [0.15, 0.2) is 0 Å². The molecule has 0 aromatic heterocycles. The number of rotatable bonds is 10. The summed E-state index contributed by atoms with van der Waals surface area (Å²) in [7, 11) is 0. The second-order valence-electron chi connectivity index (χ2n) is 3.64. The van der Waals surface area contributed by atoms with Crippen LogP contribution in [-0.2, 0) is 14.4 Å². The second-order valence-corrected chi connectivity index (χ2v) is 3.64. The van der Waals surface area contributed by atoms with Gasteiger partial charge < -0.3 is 15.2 Å². The average molecular weight is 269 g/mol. The second kappa shape index (κ2) is 14.3. The number of hydrogen-bond donors (Lipinski definition) is 2. The molecule has 0 fully saturated rings. The molecule has 0 saturated heterocycles. The van der Waals surface area contributed by atoms with E-state index in [1.165, 1.54) is 0 Å². The Hall–Kier alpha value is 0.246. The van der Waals surface area contributed by atoms with Crippen LogP contribution < -0.4 is 5.32 Å². The van der Waals surface area contributed by atoms with Crippen LogP contribution >= 0.6 is 0 Å². The first-order valence-corrected chi connectivity index (χ1v) is 5.59. The number of amides is 1. The molecule has 6 heteroatoms. The fourth-order valence-electron chi connectivity index (χ4n) is 1.31.